The van der Waals surface area contributed by atoms with E-state index in [1.165, 1.54) is 11.5 Å². The third-order valence-corrected chi connectivity index (χ3v) is 3.32. The van der Waals surface area contributed by atoms with E-state index in [1.807, 2.05) is 0 Å². The van der Waals surface area contributed by atoms with Crippen molar-refractivity contribution in [2.75, 3.05) is 31.6 Å². The minimum Gasteiger partial charge on any atom is -0.376 e. The molecule has 90 valence electrons. The number of morpholine rings is 1. The van der Waals surface area contributed by atoms with Crippen molar-refractivity contribution in [3.8, 4) is 0 Å². The van der Waals surface area contributed by atoms with Gasteiger partial charge in [-0.15, -0.1) is 5.10 Å². The molecule has 5 nitrogen and oxygen atoms in total. The zero-order chi connectivity index (χ0) is 11.4. The van der Waals surface area contributed by atoms with Crippen LogP contribution in [0.15, 0.2) is 0 Å². The summed E-state index contributed by atoms with van der Waals surface area (Å²) in [6, 6.07) is 0. The van der Waals surface area contributed by atoms with Gasteiger partial charge in [0, 0.05) is 37.7 Å². The standard InChI is InChI=1S/C10H18N4OS/c1-3-11-10-9(12-13-16-10)7-14-4-5-15-8(2)6-14/h8,11H,3-7H2,1-2H3. The lowest BCUT2D eigenvalue weighted by molar-refractivity contribution is -0.0215. The van der Waals surface area contributed by atoms with Gasteiger partial charge in [-0.3, -0.25) is 4.90 Å². The van der Waals surface area contributed by atoms with Crippen molar-refractivity contribution in [2.45, 2.75) is 26.5 Å². The number of ether oxygens (including phenoxy) is 1. The molecule has 0 bridgehead atoms. The first-order valence-electron chi connectivity index (χ1n) is 5.68. The smallest absolute Gasteiger partial charge is 0.134 e. The molecule has 1 atom stereocenters. The number of rotatable bonds is 4. The molecule has 1 aliphatic heterocycles. The Bertz CT molecular complexity index is 330. The molecule has 0 aliphatic carbocycles. The van der Waals surface area contributed by atoms with E-state index in [0.717, 1.165) is 43.5 Å². The van der Waals surface area contributed by atoms with E-state index >= 15 is 0 Å². The largest absolute Gasteiger partial charge is 0.376 e. The number of nitrogens with one attached hydrogen (secondary N) is 1. The van der Waals surface area contributed by atoms with Gasteiger partial charge in [-0.05, 0) is 13.8 Å². The lowest BCUT2D eigenvalue weighted by Gasteiger charge is -2.30. The van der Waals surface area contributed by atoms with Crippen molar-refractivity contribution in [3.05, 3.63) is 5.69 Å². The summed E-state index contributed by atoms with van der Waals surface area (Å²) in [6.07, 6.45) is 0.322. The Morgan fingerprint density at radius 1 is 1.62 bits per heavy atom. The number of aromatic nitrogens is 2. The number of hydrogen-bond acceptors (Lipinski definition) is 6. The van der Waals surface area contributed by atoms with Gasteiger partial charge in [0.2, 0.25) is 0 Å². The Labute approximate surface area is 100.0 Å². The first-order chi connectivity index (χ1) is 7.79. The fourth-order valence-electron chi connectivity index (χ4n) is 1.85. The molecule has 16 heavy (non-hydrogen) atoms. The van der Waals surface area contributed by atoms with Crippen molar-refractivity contribution >= 4 is 16.5 Å². The molecular formula is C10H18N4OS. The highest BCUT2D eigenvalue weighted by Gasteiger charge is 2.19. The molecule has 0 spiro atoms. The van der Waals surface area contributed by atoms with Crippen LogP contribution in [-0.2, 0) is 11.3 Å². The Kier molecular flexibility index (Phi) is 4.09. The van der Waals surface area contributed by atoms with E-state index in [4.69, 9.17) is 4.74 Å². The molecular weight excluding hydrogens is 224 g/mol. The van der Waals surface area contributed by atoms with Crippen LogP contribution in [0.5, 0.6) is 0 Å². The molecule has 1 aromatic heterocycles. The van der Waals surface area contributed by atoms with Crippen molar-refractivity contribution in [1.82, 2.24) is 14.5 Å². The molecule has 0 saturated carbocycles. The number of nitrogens with zero attached hydrogens (tertiary/aromatic N) is 3. The highest BCUT2D eigenvalue weighted by Crippen LogP contribution is 2.20. The zero-order valence-corrected chi connectivity index (χ0v) is 10.6. The van der Waals surface area contributed by atoms with E-state index in [-0.39, 0.29) is 0 Å². The maximum absolute atomic E-state index is 5.51. The van der Waals surface area contributed by atoms with E-state index in [2.05, 4.69) is 33.7 Å². The van der Waals surface area contributed by atoms with Crippen LogP contribution >= 0.6 is 11.5 Å². The fraction of sp³-hybridized carbons (Fsp3) is 0.800. The number of anilines is 1. The highest BCUT2D eigenvalue weighted by molar-refractivity contribution is 7.10. The summed E-state index contributed by atoms with van der Waals surface area (Å²) in [4.78, 5) is 2.37. The molecule has 1 aromatic rings. The molecule has 0 aromatic carbocycles. The van der Waals surface area contributed by atoms with Crippen LogP contribution in [0, 0.1) is 0 Å². The lowest BCUT2D eigenvalue weighted by Crippen LogP contribution is -2.40. The van der Waals surface area contributed by atoms with E-state index in [1.54, 1.807) is 0 Å². The molecule has 2 heterocycles. The summed E-state index contributed by atoms with van der Waals surface area (Å²) < 4.78 is 9.51. The van der Waals surface area contributed by atoms with Crippen molar-refractivity contribution in [1.29, 1.82) is 0 Å². The quantitative estimate of drug-likeness (QED) is 0.859. The maximum Gasteiger partial charge on any atom is 0.134 e. The lowest BCUT2D eigenvalue weighted by atomic mass is 10.3. The average Bonchev–Trinajstić information content (AvgIpc) is 2.66. The molecule has 2 rings (SSSR count). The van der Waals surface area contributed by atoms with Gasteiger partial charge in [0.15, 0.2) is 0 Å². The van der Waals surface area contributed by atoms with Crippen molar-refractivity contribution in [2.24, 2.45) is 0 Å². The van der Waals surface area contributed by atoms with Crippen LogP contribution in [-0.4, -0.2) is 46.8 Å². The second kappa shape index (κ2) is 5.56. The Morgan fingerprint density at radius 2 is 2.50 bits per heavy atom. The third-order valence-electron chi connectivity index (χ3n) is 2.59. The Balaban J connectivity index is 1.94. The highest BCUT2D eigenvalue weighted by atomic mass is 32.1. The number of hydrogen-bond donors (Lipinski definition) is 1. The predicted molar refractivity (Wildman–Crippen MR) is 64.8 cm³/mol. The van der Waals surface area contributed by atoms with Gasteiger partial charge in [-0.25, -0.2) is 0 Å². The molecule has 1 unspecified atom stereocenters. The molecule has 1 aliphatic rings. The van der Waals surface area contributed by atoms with Crippen molar-refractivity contribution in [3.63, 3.8) is 0 Å². The van der Waals surface area contributed by atoms with Crippen LogP contribution in [0.1, 0.15) is 19.5 Å². The van der Waals surface area contributed by atoms with Gasteiger partial charge < -0.3 is 10.1 Å². The summed E-state index contributed by atoms with van der Waals surface area (Å²) in [7, 11) is 0. The summed E-state index contributed by atoms with van der Waals surface area (Å²) >= 11 is 1.43. The first-order valence-corrected chi connectivity index (χ1v) is 6.46. The topological polar surface area (TPSA) is 50.3 Å². The van der Waals surface area contributed by atoms with Gasteiger partial charge >= 0.3 is 0 Å². The minimum atomic E-state index is 0.322. The molecule has 1 fully saturated rings. The van der Waals surface area contributed by atoms with Crippen LogP contribution < -0.4 is 5.32 Å². The Morgan fingerprint density at radius 3 is 3.25 bits per heavy atom. The predicted octanol–water partition coefficient (Wildman–Crippen LogP) is 1.19. The SMILES string of the molecule is CCNc1snnc1CN1CCOC(C)C1. The first kappa shape index (κ1) is 11.8. The van der Waals surface area contributed by atoms with Crippen LogP contribution in [0.3, 0.4) is 0 Å². The third kappa shape index (κ3) is 2.90. The van der Waals surface area contributed by atoms with E-state index in [9.17, 15) is 0 Å². The fourth-order valence-corrected chi connectivity index (χ4v) is 2.49. The summed E-state index contributed by atoms with van der Waals surface area (Å²) in [6.45, 7) is 8.74. The van der Waals surface area contributed by atoms with Crippen LogP contribution in [0.2, 0.25) is 0 Å². The molecule has 1 N–H and O–H groups in total. The molecule has 6 heteroatoms. The summed E-state index contributed by atoms with van der Waals surface area (Å²) in [5.74, 6) is 0. The average molecular weight is 242 g/mol. The molecule has 0 radical (unpaired) electrons. The van der Waals surface area contributed by atoms with Crippen LogP contribution in [0.4, 0.5) is 5.00 Å². The summed E-state index contributed by atoms with van der Waals surface area (Å²) in [5, 5.41) is 8.57. The molecule has 0 amide bonds. The van der Waals surface area contributed by atoms with Crippen molar-refractivity contribution < 1.29 is 4.74 Å². The second-order valence-electron chi connectivity index (χ2n) is 4.00. The van der Waals surface area contributed by atoms with E-state index in [0.29, 0.717) is 6.10 Å². The minimum absolute atomic E-state index is 0.322. The van der Waals surface area contributed by atoms with Gasteiger partial charge in [0.25, 0.3) is 0 Å². The van der Waals surface area contributed by atoms with Gasteiger partial charge in [-0.1, -0.05) is 4.49 Å². The monoisotopic (exact) mass is 242 g/mol. The summed E-state index contributed by atoms with van der Waals surface area (Å²) in [5.41, 5.74) is 1.06. The normalized spacial score (nSPS) is 22.2. The van der Waals surface area contributed by atoms with E-state index < -0.39 is 0 Å². The maximum atomic E-state index is 5.51. The molecule has 1 saturated heterocycles. The van der Waals surface area contributed by atoms with Gasteiger partial charge in [0.1, 0.15) is 10.7 Å². The van der Waals surface area contributed by atoms with Crippen LogP contribution in [0.25, 0.3) is 0 Å². The van der Waals surface area contributed by atoms with Gasteiger partial charge in [0.05, 0.1) is 12.7 Å². The second-order valence-corrected chi connectivity index (χ2v) is 4.75. The van der Waals surface area contributed by atoms with Gasteiger partial charge in [-0.2, -0.15) is 0 Å². The zero-order valence-electron chi connectivity index (χ0n) is 9.77. The Hall–Kier alpha value is -0.720.